The number of aryl methyl sites for hydroxylation is 2. The summed E-state index contributed by atoms with van der Waals surface area (Å²) in [7, 11) is 0. The summed E-state index contributed by atoms with van der Waals surface area (Å²) in [5.41, 5.74) is 3.02. The van der Waals surface area contributed by atoms with Crippen LogP contribution in [0.25, 0.3) is 0 Å². The molecule has 0 bridgehead atoms. The molecule has 106 valence electrons. The lowest BCUT2D eigenvalue weighted by Crippen LogP contribution is -2.28. The van der Waals surface area contributed by atoms with Gasteiger partial charge in [-0.2, -0.15) is 5.10 Å². The van der Waals surface area contributed by atoms with Gasteiger partial charge in [-0.25, -0.2) is 0 Å². The molecule has 0 aliphatic carbocycles. The molecule has 0 saturated carbocycles. The third kappa shape index (κ3) is 3.71. The van der Waals surface area contributed by atoms with Crippen molar-refractivity contribution in [1.82, 2.24) is 15.1 Å². The highest BCUT2D eigenvalue weighted by atomic mass is 35.5. The minimum atomic E-state index is 0.564. The van der Waals surface area contributed by atoms with Gasteiger partial charge in [0.2, 0.25) is 0 Å². The molecule has 0 saturated heterocycles. The van der Waals surface area contributed by atoms with E-state index >= 15 is 0 Å². The lowest BCUT2D eigenvalue weighted by Gasteiger charge is -2.12. The molecular formula is C14H17ClN4S. The third-order valence-electron chi connectivity index (χ3n) is 2.96. The maximum Gasteiger partial charge on any atom is 0.171 e. The number of nitrogens with zero attached hydrogens (tertiary/aromatic N) is 2. The minimum absolute atomic E-state index is 0.564. The van der Waals surface area contributed by atoms with Gasteiger partial charge < -0.3 is 10.6 Å². The summed E-state index contributed by atoms with van der Waals surface area (Å²) in [5.74, 6) is 0. The van der Waals surface area contributed by atoms with Crippen LogP contribution in [0.5, 0.6) is 0 Å². The molecule has 0 unspecified atom stereocenters. The minimum Gasteiger partial charge on any atom is -0.357 e. The topological polar surface area (TPSA) is 41.9 Å². The number of benzene rings is 1. The number of rotatable bonds is 4. The normalized spacial score (nSPS) is 10.3. The first-order chi connectivity index (χ1) is 9.60. The third-order valence-corrected chi connectivity index (χ3v) is 3.62. The van der Waals surface area contributed by atoms with Gasteiger partial charge in [0, 0.05) is 23.5 Å². The van der Waals surface area contributed by atoms with Gasteiger partial charge in [-0.1, -0.05) is 17.7 Å². The molecule has 0 aliphatic rings. The Kier molecular flexibility index (Phi) is 4.98. The molecule has 0 radical (unpaired) electrons. The van der Waals surface area contributed by atoms with Gasteiger partial charge in [0.05, 0.1) is 12.2 Å². The van der Waals surface area contributed by atoms with E-state index in [1.807, 2.05) is 35.9 Å². The summed E-state index contributed by atoms with van der Waals surface area (Å²) in [6, 6.07) is 7.74. The van der Waals surface area contributed by atoms with Crippen molar-refractivity contribution in [3.63, 3.8) is 0 Å². The first kappa shape index (κ1) is 14.8. The van der Waals surface area contributed by atoms with Gasteiger partial charge in [0.25, 0.3) is 0 Å². The summed E-state index contributed by atoms with van der Waals surface area (Å²) in [4.78, 5) is 0. The summed E-state index contributed by atoms with van der Waals surface area (Å²) in [6.45, 7) is 5.51. The molecule has 0 spiro atoms. The van der Waals surface area contributed by atoms with E-state index in [0.29, 0.717) is 11.7 Å². The van der Waals surface area contributed by atoms with Crippen molar-refractivity contribution >= 4 is 34.6 Å². The second-order valence-electron chi connectivity index (χ2n) is 4.41. The van der Waals surface area contributed by atoms with E-state index in [1.165, 1.54) is 0 Å². The largest absolute Gasteiger partial charge is 0.357 e. The molecule has 6 heteroatoms. The Morgan fingerprint density at radius 1 is 1.40 bits per heavy atom. The van der Waals surface area contributed by atoms with Gasteiger partial charge in [-0.05, 0) is 49.8 Å². The fraction of sp³-hybridized carbons (Fsp3) is 0.286. The Bertz CT molecular complexity index is 609. The smallest absolute Gasteiger partial charge is 0.171 e. The van der Waals surface area contributed by atoms with Crippen LogP contribution in [0.4, 0.5) is 5.69 Å². The van der Waals surface area contributed by atoms with Gasteiger partial charge in [-0.15, -0.1) is 0 Å². The molecular weight excluding hydrogens is 292 g/mol. The number of hydrogen-bond acceptors (Lipinski definition) is 2. The molecule has 2 aromatic rings. The zero-order valence-corrected chi connectivity index (χ0v) is 13.1. The van der Waals surface area contributed by atoms with Gasteiger partial charge in [-0.3, -0.25) is 4.68 Å². The van der Waals surface area contributed by atoms with E-state index in [-0.39, 0.29) is 0 Å². The average molecular weight is 309 g/mol. The van der Waals surface area contributed by atoms with E-state index in [0.717, 1.165) is 28.5 Å². The summed E-state index contributed by atoms with van der Waals surface area (Å²) >= 11 is 11.3. The molecule has 0 aliphatic heterocycles. The number of halogens is 1. The van der Waals surface area contributed by atoms with Crippen molar-refractivity contribution in [1.29, 1.82) is 0 Å². The Hall–Kier alpha value is -1.59. The van der Waals surface area contributed by atoms with Gasteiger partial charge in [0.1, 0.15) is 0 Å². The van der Waals surface area contributed by atoms with Crippen LogP contribution < -0.4 is 10.6 Å². The first-order valence-electron chi connectivity index (χ1n) is 6.42. The fourth-order valence-corrected chi connectivity index (χ4v) is 2.18. The van der Waals surface area contributed by atoms with Crippen molar-refractivity contribution in [3.8, 4) is 0 Å². The van der Waals surface area contributed by atoms with Crippen LogP contribution in [-0.2, 0) is 13.1 Å². The number of thiocarbonyl (C=S) groups is 1. The molecule has 1 heterocycles. The number of hydrogen-bond donors (Lipinski definition) is 2. The van der Waals surface area contributed by atoms with Crippen LogP contribution in [0.1, 0.15) is 18.2 Å². The molecule has 1 aromatic heterocycles. The van der Waals surface area contributed by atoms with Gasteiger partial charge in [0.15, 0.2) is 5.11 Å². The lowest BCUT2D eigenvalue weighted by molar-refractivity contribution is 0.614. The predicted molar refractivity (Wildman–Crippen MR) is 87.2 cm³/mol. The second-order valence-corrected chi connectivity index (χ2v) is 5.23. The van der Waals surface area contributed by atoms with Crippen LogP contribution >= 0.6 is 23.8 Å². The molecule has 2 rings (SSSR count). The zero-order chi connectivity index (χ0) is 14.5. The Morgan fingerprint density at radius 2 is 2.20 bits per heavy atom. The molecule has 1 aromatic carbocycles. The molecule has 2 N–H and O–H groups in total. The summed E-state index contributed by atoms with van der Waals surface area (Å²) < 4.78 is 1.93. The van der Waals surface area contributed by atoms with E-state index in [2.05, 4.69) is 22.7 Å². The van der Waals surface area contributed by atoms with Crippen molar-refractivity contribution in [2.45, 2.75) is 26.9 Å². The maximum atomic E-state index is 6.08. The highest BCUT2D eigenvalue weighted by molar-refractivity contribution is 7.80. The van der Waals surface area contributed by atoms with E-state index in [1.54, 1.807) is 6.20 Å². The molecule has 0 fully saturated rings. The van der Waals surface area contributed by atoms with Crippen LogP contribution in [-0.4, -0.2) is 14.9 Å². The zero-order valence-electron chi connectivity index (χ0n) is 11.5. The van der Waals surface area contributed by atoms with Crippen LogP contribution in [0.3, 0.4) is 0 Å². The molecule has 0 atom stereocenters. The lowest BCUT2D eigenvalue weighted by atomic mass is 10.2. The molecule has 4 nitrogen and oxygen atoms in total. The van der Waals surface area contributed by atoms with Crippen LogP contribution in [0.2, 0.25) is 5.02 Å². The first-order valence-corrected chi connectivity index (χ1v) is 7.20. The molecule has 0 amide bonds. The number of nitrogens with one attached hydrogen (secondary N) is 2. The van der Waals surface area contributed by atoms with Crippen molar-refractivity contribution in [2.75, 3.05) is 5.32 Å². The average Bonchev–Trinajstić information content (AvgIpc) is 2.88. The monoisotopic (exact) mass is 308 g/mol. The van der Waals surface area contributed by atoms with Crippen LogP contribution in [0, 0.1) is 6.92 Å². The van der Waals surface area contributed by atoms with E-state index in [4.69, 9.17) is 23.8 Å². The fourth-order valence-electron chi connectivity index (χ4n) is 1.81. The van der Waals surface area contributed by atoms with Gasteiger partial charge >= 0.3 is 0 Å². The Morgan fingerprint density at radius 3 is 2.90 bits per heavy atom. The SMILES string of the molecule is CCn1nccc1CNC(=S)Nc1ccc(C)c(Cl)c1. The Balaban J connectivity index is 1.91. The van der Waals surface area contributed by atoms with Crippen molar-refractivity contribution < 1.29 is 0 Å². The van der Waals surface area contributed by atoms with Crippen LogP contribution in [0.15, 0.2) is 30.5 Å². The second kappa shape index (κ2) is 6.72. The molecule has 20 heavy (non-hydrogen) atoms. The number of anilines is 1. The highest BCUT2D eigenvalue weighted by Crippen LogP contribution is 2.19. The predicted octanol–water partition coefficient (Wildman–Crippen LogP) is 3.35. The number of aromatic nitrogens is 2. The van der Waals surface area contributed by atoms with E-state index < -0.39 is 0 Å². The highest BCUT2D eigenvalue weighted by Gasteiger charge is 2.03. The summed E-state index contributed by atoms with van der Waals surface area (Å²) in [6.07, 6.45) is 1.79. The Labute approximate surface area is 129 Å². The van der Waals surface area contributed by atoms with E-state index in [9.17, 15) is 0 Å². The standard InChI is InChI=1S/C14H17ClN4S/c1-3-19-12(6-7-17-19)9-16-14(20)18-11-5-4-10(2)13(15)8-11/h4-8H,3,9H2,1-2H3,(H2,16,18,20). The quantitative estimate of drug-likeness (QED) is 0.850. The van der Waals surface area contributed by atoms with Crippen molar-refractivity contribution in [3.05, 3.63) is 46.7 Å². The maximum absolute atomic E-state index is 6.08. The summed E-state index contributed by atoms with van der Waals surface area (Å²) in [5, 5.41) is 11.8. The van der Waals surface area contributed by atoms with Crippen molar-refractivity contribution in [2.24, 2.45) is 0 Å².